The minimum absolute atomic E-state index is 0. The van der Waals surface area contributed by atoms with E-state index < -0.39 is 5.92 Å². The highest BCUT2D eigenvalue weighted by Gasteiger charge is 2.35. The maximum Gasteiger partial charge on any atom is 0.250 e. The van der Waals surface area contributed by atoms with Crippen molar-refractivity contribution < 1.29 is 8.78 Å². The van der Waals surface area contributed by atoms with Gasteiger partial charge in [0.1, 0.15) is 0 Å². The van der Waals surface area contributed by atoms with Crippen molar-refractivity contribution in [3.8, 4) is 0 Å². The number of hydrogen-bond donors (Lipinski definition) is 1. The molecule has 1 aliphatic heterocycles. The normalized spacial score (nSPS) is 23.5. The summed E-state index contributed by atoms with van der Waals surface area (Å²) in [5.41, 5.74) is 1.12. The van der Waals surface area contributed by atoms with E-state index in [0.29, 0.717) is 13.0 Å². The van der Waals surface area contributed by atoms with Gasteiger partial charge in [0, 0.05) is 25.4 Å². The molecule has 1 saturated heterocycles. The molecule has 1 N–H and O–H groups in total. The van der Waals surface area contributed by atoms with Crippen LogP contribution in [0.4, 0.5) is 8.78 Å². The molecule has 90 valence electrons. The van der Waals surface area contributed by atoms with Crippen LogP contribution in [-0.4, -0.2) is 18.5 Å². The third-order valence-corrected chi connectivity index (χ3v) is 2.79. The van der Waals surface area contributed by atoms with Crippen LogP contribution in [0.5, 0.6) is 0 Å². The van der Waals surface area contributed by atoms with Crippen molar-refractivity contribution in [2.75, 3.05) is 6.54 Å². The molecular formula is C12H16ClF2N. The van der Waals surface area contributed by atoms with E-state index in [2.05, 4.69) is 5.32 Å². The Morgan fingerprint density at radius 1 is 1.25 bits per heavy atom. The summed E-state index contributed by atoms with van der Waals surface area (Å²) in [5, 5.41) is 3.14. The molecule has 0 aromatic heterocycles. The van der Waals surface area contributed by atoms with E-state index >= 15 is 0 Å². The number of alkyl halides is 2. The first-order chi connectivity index (χ1) is 7.16. The molecule has 0 saturated carbocycles. The van der Waals surface area contributed by atoms with E-state index in [1.165, 1.54) is 0 Å². The van der Waals surface area contributed by atoms with Gasteiger partial charge in [-0.15, -0.1) is 12.4 Å². The molecule has 1 heterocycles. The number of benzene rings is 1. The van der Waals surface area contributed by atoms with Gasteiger partial charge in [-0.05, 0) is 12.0 Å². The highest BCUT2D eigenvalue weighted by molar-refractivity contribution is 5.85. The van der Waals surface area contributed by atoms with Gasteiger partial charge < -0.3 is 5.32 Å². The summed E-state index contributed by atoms with van der Waals surface area (Å²) >= 11 is 0. The van der Waals surface area contributed by atoms with E-state index in [0.717, 1.165) is 5.56 Å². The van der Waals surface area contributed by atoms with Crippen molar-refractivity contribution in [1.82, 2.24) is 5.32 Å². The quantitative estimate of drug-likeness (QED) is 0.847. The van der Waals surface area contributed by atoms with Crippen LogP contribution < -0.4 is 5.32 Å². The summed E-state index contributed by atoms with van der Waals surface area (Å²) in [6.07, 6.45) is 0.622. The summed E-state index contributed by atoms with van der Waals surface area (Å²) in [6, 6.07) is 9.69. The maximum atomic E-state index is 13.1. The van der Waals surface area contributed by atoms with Gasteiger partial charge in [-0.25, -0.2) is 8.78 Å². The lowest BCUT2D eigenvalue weighted by Crippen LogP contribution is -2.44. The van der Waals surface area contributed by atoms with Crippen LogP contribution in [0.3, 0.4) is 0 Å². The van der Waals surface area contributed by atoms with Crippen molar-refractivity contribution in [1.29, 1.82) is 0 Å². The molecule has 0 bridgehead atoms. The Labute approximate surface area is 101 Å². The Morgan fingerprint density at radius 2 is 1.94 bits per heavy atom. The molecule has 2 rings (SSSR count). The van der Waals surface area contributed by atoms with Crippen LogP contribution in [0.1, 0.15) is 18.4 Å². The Hall–Kier alpha value is -0.670. The third kappa shape index (κ3) is 3.72. The molecule has 0 spiro atoms. The minimum Gasteiger partial charge on any atom is -0.313 e. The third-order valence-electron chi connectivity index (χ3n) is 2.79. The van der Waals surface area contributed by atoms with Crippen LogP contribution in [0, 0.1) is 0 Å². The van der Waals surface area contributed by atoms with Gasteiger partial charge in [-0.3, -0.25) is 0 Å². The fraction of sp³-hybridized carbons (Fsp3) is 0.500. The molecular weight excluding hydrogens is 232 g/mol. The predicted octanol–water partition coefficient (Wildman–Crippen LogP) is 3.04. The van der Waals surface area contributed by atoms with Gasteiger partial charge in [0.2, 0.25) is 0 Å². The number of halogens is 3. The number of rotatable bonds is 2. The first-order valence-electron chi connectivity index (χ1n) is 5.31. The van der Waals surface area contributed by atoms with Gasteiger partial charge in [0.05, 0.1) is 0 Å². The predicted molar refractivity (Wildman–Crippen MR) is 63.4 cm³/mol. The van der Waals surface area contributed by atoms with Crippen molar-refractivity contribution in [2.45, 2.75) is 31.2 Å². The lowest BCUT2D eigenvalue weighted by atomic mass is 9.95. The number of hydrogen-bond acceptors (Lipinski definition) is 1. The fourth-order valence-electron chi connectivity index (χ4n) is 2.04. The molecule has 1 atom stereocenters. The highest BCUT2D eigenvalue weighted by Crippen LogP contribution is 2.28. The Bertz CT molecular complexity index is 316. The van der Waals surface area contributed by atoms with Crippen LogP contribution in [0.25, 0.3) is 0 Å². The smallest absolute Gasteiger partial charge is 0.250 e. The zero-order valence-corrected chi connectivity index (χ0v) is 9.77. The zero-order valence-electron chi connectivity index (χ0n) is 8.96. The molecule has 4 heteroatoms. The average Bonchev–Trinajstić information content (AvgIpc) is 2.17. The zero-order chi connectivity index (χ0) is 10.7. The Morgan fingerprint density at radius 3 is 2.56 bits per heavy atom. The summed E-state index contributed by atoms with van der Waals surface area (Å²) in [4.78, 5) is 0. The first kappa shape index (κ1) is 13.4. The van der Waals surface area contributed by atoms with Crippen molar-refractivity contribution >= 4 is 12.4 Å². The maximum absolute atomic E-state index is 13.1. The molecule has 1 nitrogen and oxygen atoms in total. The van der Waals surface area contributed by atoms with Gasteiger partial charge in [-0.2, -0.15) is 0 Å². The highest BCUT2D eigenvalue weighted by atomic mass is 35.5. The minimum atomic E-state index is -2.48. The van der Waals surface area contributed by atoms with Crippen molar-refractivity contribution in [3.05, 3.63) is 35.9 Å². The van der Waals surface area contributed by atoms with Crippen LogP contribution >= 0.6 is 12.4 Å². The fourth-order valence-corrected chi connectivity index (χ4v) is 2.04. The van der Waals surface area contributed by atoms with Crippen LogP contribution in [-0.2, 0) is 6.42 Å². The van der Waals surface area contributed by atoms with Gasteiger partial charge in [-0.1, -0.05) is 30.3 Å². The molecule has 1 aliphatic rings. The molecule has 1 unspecified atom stereocenters. The molecule has 1 aromatic rings. The van der Waals surface area contributed by atoms with Gasteiger partial charge >= 0.3 is 0 Å². The van der Waals surface area contributed by atoms with Crippen molar-refractivity contribution in [3.63, 3.8) is 0 Å². The average molecular weight is 248 g/mol. The summed E-state index contributed by atoms with van der Waals surface area (Å²) in [7, 11) is 0. The lowest BCUT2D eigenvalue weighted by Gasteiger charge is -2.30. The molecule has 16 heavy (non-hydrogen) atoms. The molecule has 1 fully saturated rings. The largest absolute Gasteiger partial charge is 0.313 e. The second-order valence-corrected chi connectivity index (χ2v) is 4.15. The monoisotopic (exact) mass is 247 g/mol. The summed E-state index contributed by atoms with van der Waals surface area (Å²) in [5.74, 6) is -2.48. The SMILES string of the molecule is Cl.FC1(F)CCNC(Cc2ccccc2)C1. The number of piperidine rings is 1. The van der Waals surface area contributed by atoms with Crippen molar-refractivity contribution in [2.24, 2.45) is 0 Å². The van der Waals surface area contributed by atoms with E-state index in [1.54, 1.807) is 0 Å². The molecule has 1 aromatic carbocycles. The second kappa shape index (κ2) is 5.60. The van der Waals surface area contributed by atoms with E-state index in [9.17, 15) is 8.78 Å². The van der Waals surface area contributed by atoms with E-state index in [1.807, 2.05) is 30.3 Å². The van der Waals surface area contributed by atoms with Crippen LogP contribution in [0.15, 0.2) is 30.3 Å². The number of nitrogens with one attached hydrogen (secondary N) is 1. The molecule has 0 aliphatic carbocycles. The van der Waals surface area contributed by atoms with E-state index in [4.69, 9.17) is 0 Å². The summed E-state index contributed by atoms with van der Waals surface area (Å²) in [6.45, 7) is 0.421. The Kier molecular flexibility index (Phi) is 4.69. The first-order valence-corrected chi connectivity index (χ1v) is 5.31. The Balaban J connectivity index is 0.00000128. The standard InChI is InChI=1S/C12H15F2N.ClH/c13-12(14)6-7-15-11(9-12)8-10-4-2-1-3-5-10;/h1-5,11,15H,6-9H2;1H. The van der Waals surface area contributed by atoms with Gasteiger partial charge in [0.15, 0.2) is 0 Å². The van der Waals surface area contributed by atoms with Crippen LogP contribution in [0.2, 0.25) is 0 Å². The lowest BCUT2D eigenvalue weighted by molar-refractivity contribution is -0.0408. The van der Waals surface area contributed by atoms with E-state index in [-0.39, 0.29) is 31.3 Å². The topological polar surface area (TPSA) is 12.0 Å². The molecule has 0 radical (unpaired) electrons. The van der Waals surface area contributed by atoms with Gasteiger partial charge in [0.25, 0.3) is 5.92 Å². The summed E-state index contributed by atoms with van der Waals surface area (Å²) < 4.78 is 26.2. The second-order valence-electron chi connectivity index (χ2n) is 4.15. The molecule has 0 amide bonds.